The van der Waals surface area contributed by atoms with Crippen LogP contribution in [0, 0.1) is 0 Å². The first-order chi connectivity index (χ1) is 10.2. The van der Waals surface area contributed by atoms with Crippen LogP contribution in [0.3, 0.4) is 0 Å². The van der Waals surface area contributed by atoms with E-state index in [2.05, 4.69) is 4.74 Å². The molecule has 0 aliphatic carbocycles. The molecular weight excluding hydrogens is 350 g/mol. The number of rotatable bonds is 3. The van der Waals surface area contributed by atoms with Crippen LogP contribution in [0.1, 0.15) is 5.56 Å². The monoisotopic (exact) mass is 356 g/mol. The van der Waals surface area contributed by atoms with Crippen molar-refractivity contribution in [3.63, 3.8) is 0 Å². The third-order valence-corrected chi connectivity index (χ3v) is 3.49. The highest BCUT2D eigenvalue weighted by Crippen LogP contribution is 2.43. The second-order valence-electron chi connectivity index (χ2n) is 4.18. The van der Waals surface area contributed by atoms with Gasteiger partial charge < -0.3 is 4.74 Å². The summed E-state index contributed by atoms with van der Waals surface area (Å²) in [6.45, 7) is -3.26. The minimum absolute atomic E-state index is 0.000795. The Labute approximate surface area is 132 Å². The average Bonchev–Trinajstić information content (AvgIpc) is 2.40. The lowest BCUT2D eigenvalue weighted by Crippen LogP contribution is -2.10. The molecule has 0 N–H and O–H groups in total. The Morgan fingerprint density at radius 1 is 0.955 bits per heavy atom. The maximum absolute atomic E-state index is 13.1. The molecular formula is C14H7Cl2F5O. The smallest absolute Gasteiger partial charge is 0.417 e. The van der Waals surface area contributed by atoms with Gasteiger partial charge in [0.15, 0.2) is 0 Å². The molecule has 0 heterocycles. The summed E-state index contributed by atoms with van der Waals surface area (Å²) in [5.74, 6) is -0.594. The van der Waals surface area contributed by atoms with Gasteiger partial charge in [-0.05, 0) is 29.8 Å². The predicted octanol–water partition coefficient (Wildman–Crippen LogP) is 6.28. The summed E-state index contributed by atoms with van der Waals surface area (Å²) >= 11 is 11.5. The van der Waals surface area contributed by atoms with Crippen molar-refractivity contribution >= 4 is 23.2 Å². The molecule has 2 rings (SSSR count). The quantitative estimate of drug-likeness (QED) is 0.588. The standard InChI is InChI=1S/C14H7Cl2F5O/c15-9-5-4-7(6-10(9)16)12-8(14(19,20)21)2-1-3-11(12)22-13(17)18/h1-6,13H. The van der Waals surface area contributed by atoms with E-state index in [4.69, 9.17) is 23.2 Å². The van der Waals surface area contributed by atoms with Gasteiger partial charge in [0, 0.05) is 5.56 Å². The molecule has 8 heteroatoms. The van der Waals surface area contributed by atoms with Crippen LogP contribution in [0.5, 0.6) is 5.75 Å². The van der Waals surface area contributed by atoms with Crippen LogP contribution in [0.4, 0.5) is 22.0 Å². The molecule has 22 heavy (non-hydrogen) atoms. The highest BCUT2D eigenvalue weighted by atomic mass is 35.5. The Morgan fingerprint density at radius 2 is 1.64 bits per heavy atom. The zero-order chi connectivity index (χ0) is 16.5. The van der Waals surface area contributed by atoms with E-state index in [9.17, 15) is 22.0 Å². The third kappa shape index (κ3) is 3.62. The average molecular weight is 357 g/mol. The van der Waals surface area contributed by atoms with Gasteiger partial charge in [-0.15, -0.1) is 0 Å². The van der Waals surface area contributed by atoms with E-state index in [1.807, 2.05) is 0 Å². The summed E-state index contributed by atoms with van der Waals surface area (Å²) < 4.78 is 68.5. The summed E-state index contributed by atoms with van der Waals surface area (Å²) in [6.07, 6.45) is -4.75. The van der Waals surface area contributed by atoms with Crippen LogP contribution in [0.2, 0.25) is 10.0 Å². The van der Waals surface area contributed by atoms with E-state index in [1.54, 1.807) is 0 Å². The molecule has 1 nitrogen and oxygen atoms in total. The van der Waals surface area contributed by atoms with Crippen LogP contribution in [0.25, 0.3) is 11.1 Å². The molecule has 0 atom stereocenters. The highest BCUT2D eigenvalue weighted by molar-refractivity contribution is 6.42. The topological polar surface area (TPSA) is 9.23 Å². The molecule has 118 valence electrons. The lowest BCUT2D eigenvalue weighted by molar-refractivity contribution is -0.137. The number of hydrogen-bond donors (Lipinski definition) is 0. The Balaban J connectivity index is 2.71. The Hall–Kier alpha value is -1.53. The van der Waals surface area contributed by atoms with Crippen LogP contribution in [-0.4, -0.2) is 6.61 Å². The Bertz CT molecular complexity index is 685. The maximum Gasteiger partial charge on any atom is 0.417 e. The summed E-state index contributed by atoms with van der Waals surface area (Å²) in [5, 5.41) is 0.130. The molecule has 0 aliphatic rings. The van der Waals surface area contributed by atoms with E-state index in [0.717, 1.165) is 24.3 Å². The highest BCUT2D eigenvalue weighted by Gasteiger charge is 2.35. The molecule has 0 aliphatic heterocycles. The molecule has 0 bridgehead atoms. The molecule has 0 fully saturated rings. The Kier molecular flexibility index (Phi) is 4.82. The molecule has 0 amide bonds. The molecule has 2 aromatic carbocycles. The van der Waals surface area contributed by atoms with Crippen molar-refractivity contribution in [3.8, 4) is 16.9 Å². The van der Waals surface area contributed by atoms with Crippen LogP contribution >= 0.6 is 23.2 Å². The number of alkyl halides is 5. The van der Waals surface area contributed by atoms with Gasteiger partial charge in [0.05, 0.1) is 15.6 Å². The van der Waals surface area contributed by atoms with E-state index < -0.39 is 29.7 Å². The first kappa shape index (κ1) is 16.8. The molecule has 2 aromatic rings. The van der Waals surface area contributed by atoms with Crippen LogP contribution < -0.4 is 4.74 Å². The summed E-state index contributed by atoms with van der Waals surface area (Å²) in [6, 6.07) is 6.47. The van der Waals surface area contributed by atoms with E-state index in [1.165, 1.54) is 12.1 Å². The van der Waals surface area contributed by atoms with Crippen LogP contribution in [0.15, 0.2) is 36.4 Å². The molecule has 0 aromatic heterocycles. The molecule has 0 spiro atoms. The van der Waals surface area contributed by atoms with Crippen molar-refractivity contribution in [3.05, 3.63) is 52.0 Å². The zero-order valence-electron chi connectivity index (χ0n) is 10.6. The second-order valence-corrected chi connectivity index (χ2v) is 5.00. The SMILES string of the molecule is FC(F)Oc1cccc(C(F)(F)F)c1-c1ccc(Cl)c(Cl)c1. The van der Waals surface area contributed by atoms with E-state index >= 15 is 0 Å². The summed E-state index contributed by atoms with van der Waals surface area (Å²) in [4.78, 5) is 0. The van der Waals surface area contributed by atoms with Gasteiger partial charge in [0.2, 0.25) is 0 Å². The maximum atomic E-state index is 13.1. The number of halogens is 7. The Morgan fingerprint density at radius 3 is 2.18 bits per heavy atom. The van der Waals surface area contributed by atoms with Gasteiger partial charge in [0.25, 0.3) is 0 Å². The minimum atomic E-state index is -4.75. The molecule has 0 saturated carbocycles. The normalized spacial score (nSPS) is 11.8. The summed E-state index contributed by atoms with van der Waals surface area (Å²) in [7, 11) is 0. The van der Waals surface area contributed by atoms with Crippen molar-refractivity contribution in [1.29, 1.82) is 0 Å². The number of hydrogen-bond acceptors (Lipinski definition) is 1. The first-order valence-corrected chi connectivity index (χ1v) is 6.56. The molecule has 0 unspecified atom stereocenters. The van der Waals surface area contributed by atoms with Crippen LogP contribution in [-0.2, 0) is 6.18 Å². The predicted molar refractivity (Wildman–Crippen MR) is 73.5 cm³/mol. The van der Waals surface area contributed by atoms with Crippen molar-refractivity contribution in [2.45, 2.75) is 12.8 Å². The van der Waals surface area contributed by atoms with E-state index in [-0.39, 0.29) is 15.6 Å². The third-order valence-electron chi connectivity index (χ3n) is 2.76. The molecule has 0 saturated heterocycles. The van der Waals surface area contributed by atoms with Gasteiger partial charge in [-0.1, -0.05) is 35.3 Å². The van der Waals surface area contributed by atoms with Gasteiger partial charge in [-0.2, -0.15) is 22.0 Å². The van der Waals surface area contributed by atoms with Gasteiger partial charge >= 0.3 is 12.8 Å². The minimum Gasteiger partial charge on any atom is -0.434 e. The lowest BCUT2D eigenvalue weighted by atomic mass is 9.98. The van der Waals surface area contributed by atoms with Gasteiger partial charge in [-0.3, -0.25) is 0 Å². The van der Waals surface area contributed by atoms with Gasteiger partial charge in [-0.25, -0.2) is 0 Å². The van der Waals surface area contributed by atoms with E-state index in [0.29, 0.717) is 0 Å². The van der Waals surface area contributed by atoms with Crippen molar-refractivity contribution in [1.82, 2.24) is 0 Å². The van der Waals surface area contributed by atoms with Gasteiger partial charge in [0.1, 0.15) is 5.75 Å². The second kappa shape index (κ2) is 6.30. The first-order valence-electron chi connectivity index (χ1n) is 5.80. The van der Waals surface area contributed by atoms with Crippen molar-refractivity contribution in [2.75, 3.05) is 0 Å². The fourth-order valence-corrected chi connectivity index (χ4v) is 2.21. The summed E-state index contributed by atoms with van der Waals surface area (Å²) in [5.41, 5.74) is -1.66. The fourth-order valence-electron chi connectivity index (χ4n) is 1.91. The zero-order valence-corrected chi connectivity index (χ0v) is 12.1. The molecule has 0 radical (unpaired) electrons. The largest absolute Gasteiger partial charge is 0.434 e. The number of ether oxygens (including phenoxy) is 1. The van der Waals surface area contributed by atoms with Crippen molar-refractivity contribution in [2.24, 2.45) is 0 Å². The van der Waals surface area contributed by atoms with Crippen molar-refractivity contribution < 1.29 is 26.7 Å². The number of benzene rings is 2. The lowest BCUT2D eigenvalue weighted by Gasteiger charge is -2.17. The fraction of sp³-hybridized carbons (Fsp3) is 0.143.